The number of hydrogen-bond acceptors (Lipinski definition) is 3. The first-order chi connectivity index (χ1) is 7.16. The van der Waals surface area contributed by atoms with Crippen LogP contribution in [0.1, 0.15) is 5.69 Å². The minimum Gasteiger partial charge on any atom is -0.438 e. The predicted molar refractivity (Wildman–Crippen MR) is 60.0 cm³/mol. The van der Waals surface area contributed by atoms with E-state index in [0.29, 0.717) is 5.88 Å². The Balaban J connectivity index is 2.29. The summed E-state index contributed by atoms with van der Waals surface area (Å²) >= 11 is 3.37. The lowest BCUT2D eigenvalue weighted by molar-refractivity contribution is 0.427. The second-order valence-electron chi connectivity index (χ2n) is 3.16. The Labute approximate surface area is 96.0 Å². The summed E-state index contributed by atoms with van der Waals surface area (Å²) in [5.41, 5.74) is 0.928. The van der Waals surface area contributed by atoms with Crippen LogP contribution in [-0.4, -0.2) is 14.8 Å². The van der Waals surface area contributed by atoms with Gasteiger partial charge in [-0.3, -0.25) is 4.98 Å². The average molecular weight is 268 g/mol. The van der Waals surface area contributed by atoms with Crippen LogP contribution in [0.2, 0.25) is 0 Å². The Morgan fingerprint density at radius 1 is 1.47 bits per heavy atom. The van der Waals surface area contributed by atoms with Crippen molar-refractivity contribution in [3.05, 3.63) is 34.7 Å². The molecule has 0 bridgehead atoms. The van der Waals surface area contributed by atoms with Crippen LogP contribution in [0.15, 0.2) is 29.0 Å². The SMILES string of the molecule is Cc1cc(Oc2ccncc2Br)n(C)n1. The molecule has 4 nitrogen and oxygen atoms in total. The van der Waals surface area contributed by atoms with Gasteiger partial charge in [0.05, 0.1) is 10.2 Å². The monoisotopic (exact) mass is 267 g/mol. The molecule has 78 valence electrons. The van der Waals surface area contributed by atoms with Crippen LogP contribution in [-0.2, 0) is 7.05 Å². The summed E-state index contributed by atoms with van der Waals surface area (Å²) < 4.78 is 8.19. The Morgan fingerprint density at radius 3 is 2.87 bits per heavy atom. The van der Waals surface area contributed by atoms with Gasteiger partial charge >= 0.3 is 0 Å². The second-order valence-corrected chi connectivity index (χ2v) is 4.01. The third-order valence-electron chi connectivity index (χ3n) is 1.91. The zero-order chi connectivity index (χ0) is 10.8. The minimum absolute atomic E-state index is 0.708. The number of aromatic nitrogens is 3. The molecule has 0 aliphatic rings. The summed E-state index contributed by atoms with van der Waals surface area (Å²) in [5, 5.41) is 4.20. The van der Waals surface area contributed by atoms with E-state index in [0.717, 1.165) is 15.9 Å². The van der Waals surface area contributed by atoms with Gasteiger partial charge in [0.1, 0.15) is 5.75 Å². The molecule has 0 N–H and O–H groups in total. The molecule has 0 aromatic carbocycles. The highest BCUT2D eigenvalue weighted by Gasteiger charge is 2.06. The van der Waals surface area contributed by atoms with Gasteiger partial charge in [0, 0.05) is 31.6 Å². The minimum atomic E-state index is 0.708. The fourth-order valence-corrected chi connectivity index (χ4v) is 1.57. The molecule has 0 spiro atoms. The molecule has 0 amide bonds. The smallest absolute Gasteiger partial charge is 0.217 e. The number of halogens is 1. The largest absolute Gasteiger partial charge is 0.438 e. The van der Waals surface area contributed by atoms with E-state index in [-0.39, 0.29) is 0 Å². The number of ether oxygens (including phenoxy) is 1. The zero-order valence-electron chi connectivity index (χ0n) is 8.44. The first kappa shape index (κ1) is 10.2. The maximum Gasteiger partial charge on any atom is 0.217 e. The van der Waals surface area contributed by atoms with Crippen molar-refractivity contribution in [2.75, 3.05) is 0 Å². The van der Waals surface area contributed by atoms with Crippen molar-refractivity contribution in [1.29, 1.82) is 0 Å². The van der Waals surface area contributed by atoms with Gasteiger partial charge in [-0.15, -0.1) is 0 Å². The molecule has 0 saturated heterocycles. The third kappa shape index (κ3) is 2.18. The Kier molecular flexibility index (Phi) is 2.73. The van der Waals surface area contributed by atoms with Gasteiger partial charge in [0.15, 0.2) is 0 Å². The standard InChI is InChI=1S/C10H10BrN3O/c1-7-5-10(14(2)13-7)15-9-3-4-12-6-8(9)11/h3-6H,1-2H3. The molecule has 15 heavy (non-hydrogen) atoms. The fraction of sp³-hybridized carbons (Fsp3) is 0.200. The highest BCUT2D eigenvalue weighted by atomic mass is 79.9. The molecule has 2 rings (SSSR count). The summed E-state index contributed by atoms with van der Waals surface area (Å²) in [6.45, 7) is 1.93. The van der Waals surface area contributed by atoms with Gasteiger partial charge in [-0.05, 0) is 22.9 Å². The maximum absolute atomic E-state index is 5.67. The molecule has 2 aromatic rings. The topological polar surface area (TPSA) is 39.9 Å². The zero-order valence-corrected chi connectivity index (χ0v) is 10.0. The molecule has 0 aliphatic carbocycles. The molecule has 0 radical (unpaired) electrons. The summed E-state index contributed by atoms with van der Waals surface area (Å²) in [4.78, 5) is 3.96. The van der Waals surface area contributed by atoms with E-state index in [2.05, 4.69) is 26.0 Å². The molecule has 5 heteroatoms. The van der Waals surface area contributed by atoms with E-state index in [1.54, 1.807) is 23.1 Å². The van der Waals surface area contributed by atoms with Crippen molar-refractivity contribution in [3.63, 3.8) is 0 Å². The number of aryl methyl sites for hydroxylation is 2. The second kappa shape index (κ2) is 4.02. The highest BCUT2D eigenvalue weighted by molar-refractivity contribution is 9.10. The first-order valence-electron chi connectivity index (χ1n) is 4.45. The lowest BCUT2D eigenvalue weighted by Crippen LogP contribution is -1.95. The molecule has 2 heterocycles. The molecule has 0 fully saturated rings. The lowest BCUT2D eigenvalue weighted by Gasteiger charge is -2.06. The number of hydrogen-bond donors (Lipinski definition) is 0. The van der Waals surface area contributed by atoms with Gasteiger partial charge in [0.2, 0.25) is 5.88 Å². The van der Waals surface area contributed by atoms with E-state index >= 15 is 0 Å². The normalized spacial score (nSPS) is 10.3. The van der Waals surface area contributed by atoms with Crippen LogP contribution in [0.3, 0.4) is 0 Å². The first-order valence-corrected chi connectivity index (χ1v) is 5.24. The van der Waals surface area contributed by atoms with Gasteiger partial charge in [-0.25, -0.2) is 4.68 Å². The fourth-order valence-electron chi connectivity index (χ4n) is 1.24. The molecule has 2 aromatic heterocycles. The van der Waals surface area contributed by atoms with Crippen LogP contribution in [0.25, 0.3) is 0 Å². The highest BCUT2D eigenvalue weighted by Crippen LogP contribution is 2.28. The summed E-state index contributed by atoms with van der Waals surface area (Å²) in [5.74, 6) is 1.44. The number of rotatable bonds is 2. The summed E-state index contributed by atoms with van der Waals surface area (Å²) in [6.07, 6.45) is 3.38. The molecule has 0 saturated carbocycles. The summed E-state index contributed by atoms with van der Waals surface area (Å²) in [6, 6.07) is 3.68. The molecule has 0 unspecified atom stereocenters. The van der Waals surface area contributed by atoms with Crippen molar-refractivity contribution >= 4 is 15.9 Å². The van der Waals surface area contributed by atoms with Crippen molar-refractivity contribution in [1.82, 2.24) is 14.8 Å². The number of pyridine rings is 1. The van der Waals surface area contributed by atoms with E-state index in [9.17, 15) is 0 Å². The molecular formula is C10H10BrN3O. The van der Waals surface area contributed by atoms with Crippen molar-refractivity contribution in [3.8, 4) is 11.6 Å². The van der Waals surface area contributed by atoms with Gasteiger partial charge in [-0.2, -0.15) is 5.10 Å². The van der Waals surface area contributed by atoms with E-state index < -0.39 is 0 Å². The van der Waals surface area contributed by atoms with Gasteiger partial charge in [0.25, 0.3) is 0 Å². The molecular weight excluding hydrogens is 258 g/mol. The van der Waals surface area contributed by atoms with Gasteiger partial charge in [-0.1, -0.05) is 0 Å². The average Bonchev–Trinajstić information content (AvgIpc) is 2.49. The molecule has 0 atom stereocenters. The summed E-state index contributed by atoms with van der Waals surface area (Å²) in [7, 11) is 1.84. The van der Waals surface area contributed by atoms with Crippen LogP contribution >= 0.6 is 15.9 Å². The quantitative estimate of drug-likeness (QED) is 0.840. The van der Waals surface area contributed by atoms with Crippen LogP contribution in [0, 0.1) is 6.92 Å². The third-order valence-corrected chi connectivity index (χ3v) is 2.50. The lowest BCUT2D eigenvalue weighted by atomic mass is 10.4. The van der Waals surface area contributed by atoms with E-state index in [1.165, 1.54) is 0 Å². The number of nitrogens with zero attached hydrogens (tertiary/aromatic N) is 3. The van der Waals surface area contributed by atoms with Gasteiger partial charge < -0.3 is 4.74 Å². The Bertz CT molecular complexity index is 481. The van der Waals surface area contributed by atoms with Crippen LogP contribution in [0.5, 0.6) is 11.6 Å². The molecule has 0 aliphatic heterocycles. The maximum atomic E-state index is 5.67. The van der Waals surface area contributed by atoms with Crippen LogP contribution in [0.4, 0.5) is 0 Å². The van der Waals surface area contributed by atoms with E-state index in [4.69, 9.17) is 4.74 Å². The van der Waals surface area contributed by atoms with Crippen molar-refractivity contribution < 1.29 is 4.74 Å². The van der Waals surface area contributed by atoms with Crippen molar-refractivity contribution in [2.24, 2.45) is 7.05 Å². The van der Waals surface area contributed by atoms with E-state index in [1.807, 2.05) is 20.0 Å². The van der Waals surface area contributed by atoms with Crippen molar-refractivity contribution in [2.45, 2.75) is 6.92 Å². The van der Waals surface area contributed by atoms with Crippen LogP contribution < -0.4 is 4.74 Å². The Hall–Kier alpha value is -1.36. The predicted octanol–water partition coefficient (Wildman–Crippen LogP) is 2.68. The Morgan fingerprint density at radius 2 is 2.27 bits per heavy atom.